The predicted molar refractivity (Wildman–Crippen MR) is 73.1 cm³/mol. The van der Waals surface area contributed by atoms with Crippen molar-refractivity contribution in [3.63, 3.8) is 0 Å². The summed E-state index contributed by atoms with van der Waals surface area (Å²) in [6, 6.07) is 1.44. The molecule has 1 aromatic heterocycles. The van der Waals surface area contributed by atoms with Gasteiger partial charge in [-0.15, -0.1) is 0 Å². The minimum absolute atomic E-state index is 0.0369. The first kappa shape index (κ1) is 13.5. The standard InChI is InChI=1S/C12H15BrN2O3S/c13-9-5-10(7-14-6-9)19(16,17)15-11-3-4-18-12(11)8-1-2-8/h5-8,11-12,15H,1-4H2. The molecule has 104 valence electrons. The number of hydrogen-bond acceptors (Lipinski definition) is 4. The van der Waals surface area contributed by atoms with Gasteiger partial charge in [0.25, 0.3) is 0 Å². The molecular formula is C12H15BrN2O3S. The number of hydrogen-bond donors (Lipinski definition) is 1. The highest BCUT2D eigenvalue weighted by molar-refractivity contribution is 9.10. The fourth-order valence-electron chi connectivity index (χ4n) is 2.43. The molecular weight excluding hydrogens is 332 g/mol. The van der Waals surface area contributed by atoms with Crippen molar-refractivity contribution in [1.82, 2.24) is 9.71 Å². The van der Waals surface area contributed by atoms with E-state index in [1.165, 1.54) is 6.20 Å². The van der Waals surface area contributed by atoms with Crippen LogP contribution in [-0.4, -0.2) is 32.2 Å². The minimum atomic E-state index is -3.53. The van der Waals surface area contributed by atoms with Gasteiger partial charge in [-0.1, -0.05) is 0 Å². The van der Waals surface area contributed by atoms with Gasteiger partial charge in [-0.05, 0) is 47.2 Å². The van der Waals surface area contributed by atoms with Crippen LogP contribution in [0.15, 0.2) is 27.8 Å². The Labute approximate surface area is 120 Å². The number of ether oxygens (including phenoxy) is 1. The van der Waals surface area contributed by atoms with E-state index >= 15 is 0 Å². The highest BCUT2D eigenvalue weighted by atomic mass is 79.9. The molecule has 1 aliphatic carbocycles. The Balaban J connectivity index is 1.77. The van der Waals surface area contributed by atoms with Gasteiger partial charge < -0.3 is 4.74 Å². The molecule has 2 fully saturated rings. The van der Waals surface area contributed by atoms with Crippen molar-refractivity contribution in [3.05, 3.63) is 22.9 Å². The van der Waals surface area contributed by atoms with Crippen molar-refractivity contribution in [1.29, 1.82) is 0 Å². The lowest BCUT2D eigenvalue weighted by Gasteiger charge is -2.19. The lowest BCUT2D eigenvalue weighted by Crippen LogP contribution is -2.41. The summed E-state index contributed by atoms with van der Waals surface area (Å²) in [5.41, 5.74) is 0. The van der Waals surface area contributed by atoms with Crippen LogP contribution in [0.4, 0.5) is 0 Å². The highest BCUT2D eigenvalue weighted by Crippen LogP contribution is 2.39. The van der Waals surface area contributed by atoms with Gasteiger partial charge in [0.2, 0.25) is 10.0 Å². The van der Waals surface area contributed by atoms with Crippen molar-refractivity contribution in [3.8, 4) is 0 Å². The zero-order chi connectivity index (χ0) is 13.5. The second-order valence-corrected chi connectivity index (χ2v) is 7.66. The lowest BCUT2D eigenvalue weighted by molar-refractivity contribution is 0.0848. The number of aromatic nitrogens is 1. The van der Waals surface area contributed by atoms with Crippen molar-refractivity contribution in [2.45, 2.75) is 36.3 Å². The van der Waals surface area contributed by atoms with Gasteiger partial charge in [-0.25, -0.2) is 13.1 Å². The summed E-state index contributed by atoms with van der Waals surface area (Å²) in [5.74, 6) is 0.524. The van der Waals surface area contributed by atoms with Crippen molar-refractivity contribution in [2.24, 2.45) is 5.92 Å². The maximum Gasteiger partial charge on any atom is 0.242 e. The highest BCUT2D eigenvalue weighted by Gasteiger charge is 2.42. The van der Waals surface area contributed by atoms with Crippen molar-refractivity contribution >= 4 is 26.0 Å². The van der Waals surface area contributed by atoms with Crippen LogP contribution in [0.1, 0.15) is 19.3 Å². The summed E-state index contributed by atoms with van der Waals surface area (Å²) < 4.78 is 33.7. The first-order chi connectivity index (χ1) is 9.06. The number of sulfonamides is 1. The molecule has 19 heavy (non-hydrogen) atoms. The smallest absolute Gasteiger partial charge is 0.242 e. The topological polar surface area (TPSA) is 68.3 Å². The summed E-state index contributed by atoms with van der Waals surface area (Å²) in [6.45, 7) is 0.630. The second-order valence-electron chi connectivity index (χ2n) is 5.03. The van der Waals surface area contributed by atoms with E-state index < -0.39 is 10.0 Å². The lowest BCUT2D eigenvalue weighted by atomic mass is 10.1. The first-order valence-electron chi connectivity index (χ1n) is 6.31. The molecule has 0 radical (unpaired) electrons. The molecule has 2 unspecified atom stereocenters. The Morgan fingerprint density at radius 1 is 1.32 bits per heavy atom. The first-order valence-corrected chi connectivity index (χ1v) is 8.58. The molecule has 1 aliphatic heterocycles. The molecule has 1 saturated carbocycles. The molecule has 0 aromatic carbocycles. The Hall–Kier alpha value is -0.500. The SMILES string of the molecule is O=S(=O)(NC1CCOC1C1CC1)c1cncc(Br)c1. The molecule has 1 saturated heterocycles. The fourth-order valence-corrected chi connectivity index (χ4v) is 4.22. The summed E-state index contributed by atoms with van der Waals surface area (Å²) in [6.07, 6.45) is 5.97. The monoisotopic (exact) mass is 346 g/mol. The van der Waals surface area contributed by atoms with E-state index in [0.29, 0.717) is 17.0 Å². The van der Waals surface area contributed by atoms with E-state index in [1.54, 1.807) is 12.3 Å². The average molecular weight is 347 g/mol. The molecule has 3 rings (SSSR count). The van der Waals surface area contributed by atoms with Crippen LogP contribution in [0.2, 0.25) is 0 Å². The number of rotatable bonds is 4. The summed E-state index contributed by atoms with van der Waals surface area (Å²) >= 11 is 3.23. The summed E-state index contributed by atoms with van der Waals surface area (Å²) in [5, 5.41) is 0. The molecule has 2 heterocycles. The van der Waals surface area contributed by atoms with Gasteiger partial charge in [-0.3, -0.25) is 4.98 Å². The number of halogens is 1. The van der Waals surface area contributed by atoms with E-state index in [1.807, 2.05) is 0 Å². The van der Waals surface area contributed by atoms with Crippen LogP contribution in [0.5, 0.6) is 0 Å². The molecule has 0 bridgehead atoms. The Bertz CT molecular complexity index is 574. The van der Waals surface area contributed by atoms with Crippen LogP contribution < -0.4 is 4.72 Å². The van der Waals surface area contributed by atoms with E-state index in [2.05, 4.69) is 25.6 Å². The summed E-state index contributed by atoms with van der Waals surface area (Å²) in [4.78, 5) is 4.08. The van der Waals surface area contributed by atoms with Crippen molar-refractivity contribution in [2.75, 3.05) is 6.61 Å². The fraction of sp³-hybridized carbons (Fsp3) is 0.583. The van der Waals surface area contributed by atoms with E-state index in [9.17, 15) is 8.42 Å². The summed E-state index contributed by atoms with van der Waals surface area (Å²) in [7, 11) is -3.53. The zero-order valence-corrected chi connectivity index (χ0v) is 12.7. The van der Waals surface area contributed by atoms with E-state index in [4.69, 9.17) is 4.74 Å². The van der Waals surface area contributed by atoms with Crippen LogP contribution in [0.25, 0.3) is 0 Å². The third-order valence-corrected chi connectivity index (χ3v) is 5.41. The zero-order valence-electron chi connectivity index (χ0n) is 10.3. The molecule has 7 heteroatoms. The van der Waals surface area contributed by atoms with Crippen LogP contribution >= 0.6 is 15.9 Å². The molecule has 1 aromatic rings. The Morgan fingerprint density at radius 3 is 2.79 bits per heavy atom. The van der Waals surface area contributed by atoms with Gasteiger partial charge >= 0.3 is 0 Å². The molecule has 0 spiro atoms. The predicted octanol–water partition coefficient (Wildman–Crippen LogP) is 1.69. The van der Waals surface area contributed by atoms with Gasteiger partial charge in [-0.2, -0.15) is 0 Å². The van der Waals surface area contributed by atoms with E-state index in [-0.39, 0.29) is 17.0 Å². The third kappa shape index (κ3) is 2.99. The van der Waals surface area contributed by atoms with Gasteiger partial charge in [0.05, 0.1) is 12.1 Å². The quantitative estimate of drug-likeness (QED) is 0.900. The maximum atomic E-state index is 12.3. The van der Waals surface area contributed by atoms with Crippen molar-refractivity contribution < 1.29 is 13.2 Å². The minimum Gasteiger partial charge on any atom is -0.376 e. The Kier molecular flexibility index (Phi) is 3.63. The molecule has 1 N–H and O–H groups in total. The molecule has 2 atom stereocenters. The van der Waals surface area contributed by atoms with Crippen LogP contribution in [0, 0.1) is 5.92 Å². The number of pyridine rings is 1. The normalized spacial score (nSPS) is 27.6. The van der Waals surface area contributed by atoms with Crippen LogP contribution in [0.3, 0.4) is 0 Å². The van der Waals surface area contributed by atoms with E-state index in [0.717, 1.165) is 19.3 Å². The third-order valence-electron chi connectivity index (χ3n) is 3.52. The number of nitrogens with zero attached hydrogens (tertiary/aromatic N) is 1. The van der Waals surface area contributed by atoms with Gasteiger partial charge in [0.1, 0.15) is 4.90 Å². The Morgan fingerprint density at radius 2 is 2.11 bits per heavy atom. The van der Waals surface area contributed by atoms with Crippen LogP contribution in [-0.2, 0) is 14.8 Å². The molecule has 5 nitrogen and oxygen atoms in total. The second kappa shape index (κ2) is 5.12. The van der Waals surface area contributed by atoms with Gasteiger partial charge in [0.15, 0.2) is 0 Å². The maximum absolute atomic E-state index is 12.3. The van der Waals surface area contributed by atoms with Gasteiger partial charge in [0, 0.05) is 23.5 Å². The molecule has 0 amide bonds. The largest absolute Gasteiger partial charge is 0.376 e. The number of nitrogens with one attached hydrogen (secondary N) is 1. The molecule has 2 aliphatic rings. The average Bonchev–Trinajstić information content (AvgIpc) is 3.10.